The van der Waals surface area contributed by atoms with Gasteiger partial charge in [-0.15, -0.1) is 0 Å². The van der Waals surface area contributed by atoms with E-state index in [-0.39, 0.29) is 11.2 Å². The molecule has 84 valence electrons. The number of nitrogens with zero attached hydrogens (tertiary/aromatic N) is 1. The van der Waals surface area contributed by atoms with E-state index in [1.165, 1.54) is 0 Å². The van der Waals surface area contributed by atoms with Crippen LogP contribution in [0.3, 0.4) is 0 Å². The largest absolute Gasteiger partial charge is 0.374 e. The fraction of sp³-hybridized carbons (Fsp3) is 0.250. The summed E-state index contributed by atoms with van der Waals surface area (Å²) in [6, 6.07) is 1.79. The third-order valence-corrected chi connectivity index (χ3v) is 1.72. The molecule has 1 aromatic carbocycles. The lowest BCUT2D eigenvalue weighted by atomic mass is 9.95. The molecule has 0 aliphatic heterocycles. The molecule has 0 atom stereocenters. The second kappa shape index (κ2) is 4.87. The minimum atomic E-state index is -2.70. The van der Waals surface area contributed by atoms with Gasteiger partial charge >= 0.3 is 5.69 Å². The van der Waals surface area contributed by atoms with Crippen LogP contribution in [0.4, 0.5) is 24.5 Å². The molecule has 1 aromatic rings. The van der Waals surface area contributed by atoms with Gasteiger partial charge in [0.05, 0.1) is 11.5 Å². The Labute approximate surface area is 90.0 Å². The smallest absolute Gasteiger partial charge is 0.327 e. The minimum Gasteiger partial charge on any atom is -0.374 e. The lowest BCUT2D eigenvalue weighted by molar-refractivity contribution is -0.386. The van der Waals surface area contributed by atoms with Gasteiger partial charge in [0.1, 0.15) is 13.5 Å². The second-order valence-electron chi connectivity index (χ2n) is 2.93. The van der Waals surface area contributed by atoms with Gasteiger partial charge in [0.25, 0.3) is 6.43 Å². The molecular weight excluding hydrogens is 224 g/mol. The first-order chi connectivity index (χ1) is 7.41. The van der Waals surface area contributed by atoms with E-state index in [2.05, 4.69) is 5.32 Å². The molecule has 16 heavy (non-hydrogen) atoms. The third-order valence-electron chi connectivity index (χ3n) is 1.72. The Kier molecular flexibility index (Phi) is 3.75. The van der Waals surface area contributed by atoms with Crippen LogP contribution in [-0.2, 0) is 0 Å². The minimum absolute atomic E-state index is 0.0835. The van der Waals surface area contributed by atoms with E-state index in [1.807, 2.05) is 0 Å². The van der Waals surface area contributed by atoms with Crippen LogP contribution in [0.25, 0.3) is 0 Å². The summed E-state index contributed by atoms with van der Waals surface area (Å²) in [6.07, 6.45) is -2.70. The highest BCUT2D eigenvalue weighted by molar-refractivity contribution is 6.32. The molecule has 1 rings (SSSR count). The van der Waals surface area contributed by atoms with E-state index in [0.717, 1.165) is 12.1 Å². The molecule has 0 saturated heterocycles. The number of hydrogen-bond acceptors (Lipinski definition) is 3. The van der Waals surface area contributed by atoms with Crippen LogP contribution >= 0.6 is 0 Å². The standard InChI is InChI=1S/C8H6BF3N2O2/c9-4-1-5(10)8(14(15)16)6(2-4)13-3-7(11)12/h1-2,7,13H,3H2. The zero-order valence-corrected chi connectivity index (χ0v) is 7.91. The highest BCUT2D eigenvalue weighted by Crippen LogP contribution is 2.26. The van der Waals surface area contributed by atoms with E-state index in [1.54, 1.807) is 0 Å². The highest BCUT2D eigenvalue weighted by atomic mass is 19.3. The van der Waals surface area contributed by atoms with Gasteiger partial charge in [0.15, 0.2) is 0 Å². The SMILES string of the molecule is [B]c1cc(F)c([N+](=O)[O-])c(NCC(F)F)c1. The van der Waals surface area contributed by atoms with Gasteiger partial charge in [-0.2, -0.15) is 4.39 Å². The molecule has 0 aliphatic rings. The number of benzene rings is 1. The predicted octanol–water partition coefficient (Wildman–Crippen LogP) is 1.20. The van der Waals surface area contributed by atoms with E-state index < -0.39 is 29.4 Å². The number of nitrogens with one attached hydrogen (secondary N) is 1. The van der Waals surface area contributed by atoms with Crippen LogP contribution in [0.5, 0.6) is 0 Å². The summed E-state index contributed by atoms with van der Waals surface area (Å²) < 4.78 is 36.9. The summed E-state index contributed by atoms with van der Waals surface area (Å²) in [5.74, 6) is -1.17. The number of anilines is 1. The average molecular weight is 230 g/mol. The molecule has 0 bridgehead atoms. The van der Waals surface area contributed by atoms with Crippen molar-refractivity contribution in [2.75, 3.05) is 11.9 Å². The molecule has 0 saturated carbocycles. The van der Waals surface area contributed by atoms with Crippen molar-refractivity contribution in [1.82, 2.24) is 0 Å². The number of rotatable bonds is 4. The molecule has 0 aromatic heterocycles. The first-order valence-electron chi connectivity index (χ1n) is 4.17. The van der Waals surface area contributed by atoms with Crippen molar-refractivity contribution >= 4 is 24.7 Å². The maximum absolute atomic E-state index is 13.1. The predicted molar refractivity (Wildman–Crippen MR) is 52.9 cm³/mol. The van der Waals surface area contributed by atoms with Gasteiger partial charge in [-0.05, 0) is 12.1 Å². The first kappa shape index (κ1) is 12.3. The van der Waals surface area contributed by atoms with Crippen molar-refractivity contribution in [2.24, 2.45) is 0 Å². The van der Waals surface area contributed by atoms with Crippen molar-refractivity contribution in [3.05, 3.63) is 28.1 Å². The molecule has 0 fully saturated rings. The zero-order chi connectivity index (χ0) is 12.3. The molecular formula is C8H6BF3N2O2. The monoisotopic (exact) mass is 230 g/mol. The highest BCUT2D eigenvalue weighted by Gasteiger charge is 2.21. The van der Waals surface area contributed by atoms with Crippen LogP contribution in [-0.4, -0.2) is 25.7 Å². The van der Waals surface area contributed by atoms with E-state index >= 15 is 0 Å². The summed E-state index contributed by atoms with van der Waals surface area (Å²) in [4.78, 5) is 9.50. The lowest BCUT2D eigenvalue weighted by Crippen LogP contribution is -2.15. The maximum Gasteiger partial charge on any atom is 0.327 e. The summed E-state index contributed by atoms with van der Waals surface area (Å²) >= 11 is 0. The zero-order valence-electron chi connectivity index (χ0n) is 7.91. The van der Waals surface area contributed by atoms with E-state index in [4.69, 9.17) is 7.85 Å². The molecule has 0 aliphatic carbocycles. The van der Waals surface area contributed by atoms with Gasteiger partial charge < -0.3 is 5.32 Å². The van der Waals surface area contributed by atoms with Gasteiger partial charge in [-0.3, -0.25) is 10.1 Å². The number of halogens is 3. The molecule has 0 heterocycles. The third kappa shape index (κ3) is 2.88. The summed E-state index contributed by atoms with van der Waals surface area (Å²) in [6.45, 7) is -0.816. The van der Waals surface area contributed by atoms with Crippen LogP contribution in [0.2, 0.25) is 0 Å². The fourth-order valence-electron chi connectivity index (χ4n) is 1.13. The van der Waals surface area contributed by atoms with Crippen molar-refractivity contribution in [3.63, 3.8) is 0 Å². The van der Waals surface area contributed by atoms with Crippen LogP contribution in [0, 0.1) is 15.9 Å². The fourth-order valence-corrected chi connectivity index (χ4v) is 1.13. The molecule has 4 nitrogen and oxygen atoms in total. The van der Waals surface area contributed by atoms with Crippen LogP contribution in [0.15, 0.2) is 12.1 Å². The van der Waals surface area contributed by atoms with Gasteiger partial charge in [0, 0.05) is 0 Å². The van der Waals surface area contributed by atoms with Crippen LogP contribution < -0.4 is 10.8 Å². The Morgan fingerprint density at radius 2 is 2.12 bits per heavy atom. The quantitative estimate of drug-likeness (QED) is 0.480. The molecule has 2 radical (unpaired) electrons. The Hall–Kier alpha value is -1.73. The van der Waals surface area contributed by atoms with E-state index in [0.29, 0.717) is 0 Å². The van der Waals surface area contributed by atoms with Crippen molar-refractivity contribution < 1.29 is 18.1 Å². The second-order valence-corrected chi connectivity index (χ2v) is 2.93. The summed E-state index contributed by atoms with van der Waals surface area (Å²) in [5.41, 5.74) is -1.34. The molecule has 0 amide bonds. The number of nitro groups is 1. The lowest BCUT2D eigenvalue weighted by Gasteiger charge is -2.08. The Morgan fingerprint density at radius 3 is 2.62 bits per heavy atom. The maximum atomic E-state index is 13.1. The van der Waals surface area contributed by atoms with Crippen molar-refractivity contribution in [3.8, 4) is 0 Å². The number of hydrogen-bond donors (Lipinski definition) is 1. The number of alkyl halides is 2. The normalized spacial score (nSPS) is 10.5. The van der Waals surface area contributed by atoms with Crippen molar-refractivity contribution in [1.29, 1.82) is 0 Å². The Bertz CT molecular complexity index is 415. The van der Waals surface area contributed by atoms with Gasteiger partial charge in [-0.25, -0.2) is 8.78 Å². The topological polar surface area (TPSA) is 55.2 Å². The van der Waals surface area contributed by atoms with Gasteiger partial charge in [0.2, 0.25) is 5.82 Å². The van der Waals surface area contributed by atoms with Gasteiger partial charge in [-0.1, -0.05) is 5.46 Å². The van der Waals surface area contributed by atoms with Crippen LogP contribution in [0.1, 0.15) is 0 Å². The Balaban J connectivity index is 3.09. The van der Waals surface area contributed by atoms with E-state index in [9.17, 15) is 23.3 Å². The number of nitro benzene ring substituents is 1. The first-order valence-corrected chi connectivity index (χ1v) is 4.17. The Morgan fingerprint density at radius 1 is 1.50 bits per heavy atom. The summed E-state index contributed by atoms with van der Waals surface area (Å²) in [5, 5.41) is 12.6. The molecule has 0 spiro atoms. The average Bonchev–Trinajstić information content (AvgIpc) is 2.12. The molecule has 0 unspecified atom stereocenters. The molecule has 8 heteroatoms. The molecule has 1 N–H and O–H groups in total. The van der Waals surface area contributed by atoms with Crippen molar-refractivity contribution in [2.45, 2.75) is 6.43 Å². The summed E-state index contributed by atoms with van der Waals surface area (Å²) in [7, 11) is 5.24.